The van der Waals surface area contributed by atoms with Crippen molar-refractivity contribution in [3.8, 4) is 6.07 Å². The van der Waals surface area contributed by atoms with Gasteiger partial charge in [0.15, 0.2) is 11.6 Å². The van der Waals surface area contributed by atoms with Crippen LogP contribution in [0, 0.1) is 49.7 Å². The summed E-state index contributed by atoms with van der Waals surface area (Å²) in [5.74, 6) is 0.218. The Morgan fingerprint density at radius 3 is 2.23 bits per heavy atom. The van der Waals surface area contributed by atoms with E-state index in [1.54, 1.807) is 4.90 Å². The Labute approximate surface area is 243 Å². The van der Waals surface area contributed by atoms with Crippen molar-refractivity contribution < 1.29 is 14.4 Å². The molecule has 0 aromatic heterocycles. The molecule has 1 amide bonds. The van der Waals surface area contributed by atoms with Gasteiger partial charge in [-0.1, -0.05) is 80.4 Å². The van der Waals surface area contributed by atoms with E-state index >= 15 is 0 Å². The summed E-state index contributed by atoms with van der Waals surface area (Å²) in [6.07, 6.45) is 11.5. The number of ketones is 2. The van der Waals surface area contributed by atoms with E-state index in [4.69, 9.17) is 0 Å². The predicted molar refractivity (Wildman–Crippen MR) is 161 cm³/mol. The summed E-state index contributed by atoms with van der Waals surface area (Å²) in [5, 5.41) is 9.86. The monoisotopic (exact) mass is 550 g/mol. The number of allylic oxidation sites excluding steroid dienone is 4. The number of carbonyl (C=O) groups is 3. The molecule has 5 atom stereocenters. The summed E-state index contributed by atoms with van der Waals surface area (Å²) in [6.45, 7) is 19.6. The largest absolute Gasteiger partial charge is 0.348 e. The first-order valence-corrected chi connectivity index (χ1v) is 15.4. The topological polar surface area (TPSA) is 78.2 Å². The van der Waals surface area contributed by atoms with Crippen LogP contribution in [-0.2, 0) is 14.4 Å². The normalized spacial score (nSPS) is 33.1. The minimum absolute atomic E-state index is 0.0282. The number of amides is 1. The maximum Gasteiger partial charge on any atom is 0.227 e. The number of nitriles is 1. The van der Waals surface area contributed by atoms with Gasteiger partial charge in [0, 0.05) is 36.8 Å². The second-order valence-corrected chi connectivity index (χ2v) is 15.9. The molecule has 0 spiro atoms. The van der Waals surface area contributed by atoms with Crippen molar-refractivity contribution in [2.45, 2.75) is 120 Å². The molecular weight excluding hydrogens is 496 g/mol. The molecule has 1 saturated carbocycles. The molecule has 5 heteroatoms. The molecule has 0 saturated heterocycles. The molecule has 3 aliphatic carbocycles. The third-order valence-electron chi connectivity index (χ3n) is 11.7. The zero-order chi connectivity index (χ0) is 30.5. The van der Waals surface area contributed by atoms with Crippen molar-refractivity contribution in [2.75, 3.05) is 14.1 Å². The molecule has 0 heterocycles. The fourth-order valence-corrected chi connectivity index (χ4v) is 8.84. The van der Waals surface area contributed by atoms with Crippen molar-refractivity contribution in [3.63, 3.8) is 0 Å². The van der Waals surface area contributed by atoms with E-state index in [0.717, 1.165) is 56.9 Å². The fraction of sp³-hybridized carbons (Fsp3) is 0.771. The predicted octanol–water partition coefficient (Wildman–Crippen LogP) is 7.85. The van der Waals surface area contributed by atoms with Gasteiger partial charge < -0.3 is 4.90 Å². The molecule has 0 aliphatic heterocycles. The van der Waals surface area contributed by atoms with Crippen LogP contribution in [0.5, 0.6) is 0 Å². The first-order valence-electron chi connectivity index (χ1n) is 15.4. The SMILES string of the molecule is CCCC(C)(C)CC[C@@](C)(CC[C@]1(C)CC(=O)C=C2[C@@]3(C)C=C(C#N)C(=O)C(C)(C)[C@@H]3CC[C@]21C)C(=O)N(C)C. The Balaban J connectivity index is 2.02. The highest BCUT2D eigenvalue weighted by Gasteiger charge is 2.63. The third-order valence-corrected chi connectivity index (χ3v) is 11.7. The zero-order valence-electron chi connectivity index (χ0n) is 27.2. The standard InChI is InChI=1S/C35H54N2O3/c1-12-14-30(2,3)16-17-32(6,29(40)37(10)11)18-19-33(7)22-25(38)20-27-34(8)21-24(23-36)28(39)31(4,5)26(34)13-15-35(27,33)9/h20-21,26H,12-19,22H2,1-11H3/t26-,32-,33+,34-,35+/m0/s1. The highest BCUT2D eigenvalue weighted by Crippen LogP contribution is 2.69. The van der Waals surface area contributed by atoms with Gasteiger partial charge in [-0.25, -0.2) is 0 Å². The highest BCUT2D eigenvalue weighted by atomic mass is 16.2. The summed E-state index contributed by atoms with van der Waals surface area (Å²) in [7, 11) is 3.69. The molecule has 0 unspecified atom stereocenters. The van der Waals surface area contributed by atoms with Gasteiger partial charge in [-0.3, -0.25) is 14.4 Å². The van der Waals surface area contributed by atoms with Gasteiger partial charge in [-0.15, -0.1) is 0 Å². The number of rotatable bonds is 9. The first-order chi connectivity index (χ1) is 18.2. The van der Waals surface area contributed by atoms with Crippen LogP contribution in [0.4, 0.5) is 0 Å². The molecule has 40 heavy (non-hydrogen) atoms. The fourth-order valence-electron chi connectivity index (χ4n) is 8.84. The molecule has 3 aliphatic rings. The smallest absolute Gasteiger partial charge is 0.227 e. The summed E-state index contributed by atoms with van der Waals surface area (Å²) in [6, 6.07) is 2.17. The Kier molecular flexibility index (Phi) is 8.53. The number of nitrogens with zero attached hydrogens (tertiary/aromatic N) is 2. The average molecular weight is 551 g/mol. The van der Waals surface area contributed by atoms with Gasteiger partial charge in [0.05, 0.1) is 5.57 Å². The Bertz CT molecular complexity index is 1170. The number of hydrogen-bond acceptors (Lipinski definition) is 4. The van der Waals surface area contributed by atoms with E-state index in [9.17, 15) is 19.6 Å². The van der Waals surface area contributed by atoms with Crippen molar-refractivity contribution in [3.05, 3.63) is 23.3 Å². The van der Waals surface area contributed by atoms with Gasteiger partial charge in [0.25, 0.3) is 0 Å². The molecule has 0 bridgehead atoms. The first kappa shape index (κ1) is 32.3. The van der Waals surface area contributed by atoms with Crippen LogP contribution in [-0.4, -0.2) is 36.5 Å². The zero-order valence-corrected chi connectivity index (χ0v) is 27.2. The highest BCUT2D eigenvalue weighted by molar-refractivity contribution is 6.04. The van der Waals surface area contributed by atoms with Crippen LogP contribution in [0.25, 0.3) is 0 Å². The third kappa shape index (κ3) is 5.25. The van der Waals surface area contributed by atoms with Gasteiger partial charge in [0.2, 0.25) is 5.91 Å². The van der Waals surface area contributed by atoms with Gasteiger partial charge in [-0.2, -0.15) is 5.26 Å². The second kappa shape index (κ2) is 10.6. The molecular formula is C35H54N2O3. The quantitative estimate of drug-likeness (QED) is 0.293. The Morgan fingerprint density at radius 2 is 1.68 bits per heavy atom. The summed E-state index contributed by atoms with van der Waals surface area (Å²) >= 11 is 0. The van der Waals surface area contributed by atoms with E-state index < -0.39 is 16.2 Å². The Hall–Kier alpha value is -2.22. The van der Waals surface area contributed by atoms with E-state index in [0.29, 0.717) is 6.42 Å². The molecule has 1 fully saturated rings. The lowest BCUT2D eigenvalue weighted by atomic mass is 9.40. The minimum Gasteiger partial charge on any atom is -0.348 e. The summed E-state index contributed by atoms with van der Waals surface area (Å²) in [5.41, 5.74) is -0.856. The van der Waals surface area contributed by atoms with Crippen LogP contribution >= 0.6 is 0 Å². The molecule has 5 nitrogen and oxygen atoms in total. The lowest BCUT2D eigenvalue weighted by molar-refractivity contribution is -0.141. The van der Waals surface area contributed by atoms with Crippen LogP contribution in [0.15, 0.2) is 23.3 Å². The van der Waals surface area contributed by atoms with Crippen molar-refractivity contribution in [1.29, 1.82) is 5.26 Å². The Morgan fingerprint density at radius 1 is 1.05 bits per heavy atom. The number of Topliss-reactive ketones (excluding diaryl/α,β-unsaturated/α-hetero) is 1. The average Bonchev–Trinajstić information content (AvgIpc) is 2.85. The lowest BCUT2D eigenvalue weighted by Gasteiger charge is -2.63. The molecule has 0 aromatic carbocycles. The van der Waals surface area contributed by atoms with Crippen molar-refractivity contribution in [1.82, 2.24) is 4.90 Å². The lowest BCUT2D eigenvalue weighted by Crippen LogP contribution is -2.58. The van der Waals surface area contributed by atoms with E-state index in [1.165, 1.54) is 0 Å². The molecule has 222 valence electrons. The number of fused-ring (bicyclic) bond motifs is 3. The van der Waals surface area contributed by atoms with Crippen LogP contribution in [0.2, 0.25) is 0 Å². The summed E-state index contributed by atoms with van der Waals surface area (Å²) < 4.78 is 0. The van der Waals surface area contributed by atoms with Crippen LogP contribution < -0.4 is 0 Å². The van der Waals surface area contributed by atoms with Crippen LogP contribution in [0.1, 0.15) is 120 Å². The van der Waals surface area contributed by atoms with Crippen molar-refractivity contribution >= 4 is 17.5 Å². The molecule has 3 rings (SSSR count). The van der Waals surface area contributed by atoms with E-state index in [2.05, 4.69) is 54.5 Å². The van der Waals surface area contributed by atoms with Crippen molar-refractivity contribution in [2.24, 2.45) is 38.4 Å². The summed E-state index contributed by atoms with van der Waals surface area (Å²) in [4.78, 5) is 42.0. The number of hydrogen-bond donors (Lipinski definition) is 0. The minimum atomic E-state index is -0.671. The molecule has 0 radical (unpaired) electrons. The van der Waals surface area contributed by atoms with Gasteiger partial charge in [-0.05, 0) is 73.2 Å². The maximum absolute atomic E-state index is 13.6. The van der Waals surface area contributed by atoms with Gasteiger partial charge in [0.1, 0.15) is 6.07 Å². The van der Waals surface area contributed by atoms with Crippen LogP contribution in [0.3, 0.4) is 0 Å². The second-order valence-electron chi connectivity index (χ2n) is 15.9. The number of carbonyl (C=O) groups excluding carboxylic acids is 3. The molecule has 0 N–H and O–H groups in total. The van der Waals surface area contributed by atoms with E-state index in [1.807, 2.05) is 40.1 Å². The molecule has 0 aromatic rings. The maximum atomic E-state index is 13.6. The van der Waals surface area contributed by atoms with E-state index in [-0.39, 0.29) is 45.2 Å². The van der Waals surface area contributed by atoms with Gasteiger partial charge >= 0.3 is 0 Å².